The van der Waals surface area contributed by atoms with Crippen molar-refractivity contribution in [3.63, 3.8) is 0 Å². The first-order chi connectivity index (χ1) is 11.5. The van der Waals surface area contributed by atoms with Gasteiger partial charge in [-0.15, -0.1) is 11.8 Å². The maximum atomic E-state index is 12.2. The zero-order valence-corrected chi connectivity index (χ0v) is 15.3. The number of thioether (sulfide) groups is 1. The molecule has 0 spiro atoms. The summed E-state index contributed by atoms with van der Waals surface area (Å²) in [4.78, 5) is 25.9. The van der Waals surface area contributed by atoms with Crippen LogP contribution in [-0.4, -0.2) is 49.8 Å². The van der Waals surface area contributed by atoms with Crippen LogP contribution < -0.4 is 14.8 Å². The third-order valence-corrected chi connectivity index (χ3v) is 4.94. The summed E-state index contributed by atoms with van der Waals surface area (Å²) in [5.74, 6) is 1.83. The SMILES string of the molecule is COc1ccc([C@@H]2SCC(=O)N2CC(=O)NCC(C)C)cc1OC. The highest BCUT2D eigenvalue weighted by Gasteiger charge is 2.34. The Morgan fingerprint density at radius 1 is 1.33 bits per heavy atom. The number of carbonyl (C=O) groups excluding carboxylic acids is 2. The van der Waals surface area contributed by atoms with Crippen LogP contribution in [0.4, 0.5) is 0 Å². The summed E-state index contributed by atoms with van der Waals surface area (Å²) in [5, 5.41) is 2.66. The van der Waals surface area contributed by atoms with Crippen LogP contribution in [0.25, 0.3) is 0 Å². The van der Waals surface area contributed by atoms with E-state index in [0.29, 0.717) is 29.7 Å². The Morgan fingerprint density at radius 3 is 2.67 bits per heavy atom. The Hall–Kier alpha value is -1.89. The summed E-state index contributed by atoms with van der Waals surface area (Å²) in [6, 6.07) is 5.57. The number of rotatable bonds is 7. The number of nitrogens with one attached hydrogen (secondary N) is 1. The normalized spacial score (nSPS) is 17.3. The summed E-state index contributed by atoms with van der Waals surface area (Å²) < 4.78 is 10.6. The molecule has 0 aromatic heterocycles. The van der Waals surface area contributed by atoms with Crippen LogP contribution in [0.1, 0.15) is 24.8 Å². The highest BCUT2D eigenvalue weighted by atomic mass is 32.2. The van der Waals surface area contributed by atoms with Crippen molar-refractivity contribution in [2.24, 2.45) is 5.92 Å². The minimum Gasteiger partial charge on any atom is -0.493 e. The summed E-state index contributed by atoms with van der Waals surface area (Å²) in [6.07, 6.45) is 0. The summed E-state index contributed by atoms with van der Waals surface area (Å²) in [6.45, 7) is 4.74. The lowest BCUT2D eigenvalue weighted by Gasteiger charge is -2.24. The van der Waals surface area contributed by atoms with Gasteiger partial charge in [0, 0.05) is 6.54 Å². The van der Waals surface area contributed by atoms with Crippen molar-refractivity contribution in [1.29, 1.82) is 0 Å². The molecule has 0 bridgehead atoms. The minimum atomic E-state index is -0.192. The summed E-state index contributed by atoms with van der Waals surface area (Å²) in [5.41, 5.74) is 0.917. The van der Waals surface area contributed by atoms with Crippen molar-refractivity contribution in [2.45, 2.75) is 19.2 Å². The molecule has 1 aromatic carbocycles. The average Bonchev–Trinajstić information content (AvgIpc) is 2.93. The lowest BCUT2D eigenvalue weighted by atomic mass is 10.1. The lowest BCUT2D eigenvalue weighted by Crippen LogP contribution is -2.40. The van der Waals surface area contributed by atoms with Crippen LogP contribution in [0.15, 0.2) is 18.2 Å². The van der Waals surface area contributed by atoms with Gasteiger partial charge in [0.1, 0.15) is 11.9 Å². The summed E-state index contributed by atoms with van der Waals surface area (Å²) >= 11 is 1.51. The fraction of sp³-hybridized carbons (Fsp3) is 0.529. The van der Waals surface area contributed by atoms with Crippen molar-refractivity contribution in [3.8, 4) is 11.5 Å². The molecule has 132 valence electrons. The molecule has 1 heterocycles. The van der Waals surface area contributed by atoms with Crippen LogP contribution in [0.3, 0.4) is 0 Å². The fourth-order valence-electron chi connectivity index (χ4n) is 2.44. The van der Waals surface area contributed by atoms with Crippen LogP contribution >= 0.6 is 11.8 Å². The topological polar surface area (TPSA) is 67.9 Å². The Bertz CT molecular complexity index is 606. The molecule has 6 nitrogen and oxygen atoms in total. The van der Waals surface area contributed by atoms with E-state index >= 15 is 0 Å². The molecule has 1 aliphatic rings. The number of amides is 2. The average molecular weight is 352 g/mol. The number of methoxy groups -OCH3 is 2. The Kier molecular flexibility index (Phi) is 6.36. The standard InChI is InChI=1S/C17H24N2O4S/c1-11(2)8-18-15(20)9-19-16(21)10-24-17(19)12-5-6-13(22-3)14(7-12)23-4/h5-7,11,17H,8-10H2,1-4H3,(H,18,20)/t17-/m0/s1. The van der Waals surface area contributed by atoms with Crippen molar-refractivity contribution in [1.82, 2.24) is 10.2 Å². The molecule has 1 atom stereocenters. The van der Waals surface area contributed by atoms with Gasteiger partial charge in [0.15, 0.2) is 11.5 Å². The first-order valence-electron chi connectivity index (χ1n) is 7.86. The van der Waals surface area contributed by atoms with Crippen LogP contribution in [0.2, 0.25) is 0 Å². The molecule has 2 amide bonds. The van der Waals surface area contributed by atoms with Gasteiger partial charge in [0.2, 0.25) is 11.8 Å². The molecule has 0 radical (unpaired) electrons. The Labute approximate surface area is 146 Å². The second kappa shape index (κ2) is 8.28. The molecular formula is C17H24N2O4S. The zero-order chi connectivity index (χ0) is 17.7. The van der Waals surface area contributed by atoms with Gasteiger partial charge in [-0.25, -0.2) is 0 Å². The second-order valence-electron chi connectivity index (χ2n) is 6.00. The maximum absolute atomic E-state index is 12.2. The molecule has 1 aliphatic heterocycles. The van der Waals surface area contributed by atoms with Gasteiger partial charge in [-0.3, -0.25) is 9.59 Å². The molecule has 0 saturated carbocycles. The van der Waals surface area contributed by atoms with Crippen LogP contribution in [0, 0.1) is 5.92 Å². The van der Waals surface area contributed by atoms with Gasteiger partial charge >= 0.3 is 0 Å². The predicted molar refractivity (Wildman–Crippen MR) is 94.3 cm³/mol. The maximum Gasteiger partial charge on any atom is 0.239 e. The van der Waals surface area contributed by atoms with E-state index in [9.17, 15) is 9.59 Å². The van der Waals surface area contributed by atoms with E-state index in [-0.39, 0.29) is 23.7 Å². The fourth-order valence-corrected chi connectivity index (χ4v) is 3.61. The number of benzene rings is 1. The van der Waals surface area contributed by atoms with Crippen molar-refractivity contribution < 1.29 is 19.1 Å². The summed E-state index contributed by atoms with van der Waals surface area (Å²) in [7, 11) is 3.16. The monoisotopic (exact) mass is 352 g/mol. The Morgan fingerprint density at radius 2 is 2.04 bits per heavy atom. The first kappa shape index (κ1) is 18.4. The molecule has 1 saturated heterocycles. The van der Waals surface area contributed by atoms with E-state index in [1.54, 1.807) is 19.1 Å². The number of carbonyl (C=O) groups is 2. The second-order valence-corrected chi connectivity index (χ2v) is 7.07. The van der Waals surface area contributed by atoms with E-state index in [2.05, 4.69) is 5.32 Å². The smallest absolute Gasteiger partial charge is 0.239 e. The number of ether oxygens (including phenoxy) is 2. The van der Waals surface area contributed by atoms with Crippen molar-refractivity contribution in [3.05, 3.63) is 23.8 Å². The van der Waals surface area contributed by atoms with Crippen LogP contribution in [0.5, 0.6) is 11.5 Å². The molecule has 1 N–H and O–H groups in total. The molecule has 2 rings (SSSR count). The molecule has 0 aliphatic carbocycles. The van der Waals surface area contributed by atoms with Gasteiger partial charge < -0.3 is 19.7 Å². The number of hydrogen-bond acceptors (Lipinski definition) is 5. The highest BCUT2D eigenvalue weighted by molar-refractivity contribution is 8.00. The van der Waals surface area contributed by atoms with E-state index < -0.39 is 0 Å². The van der Waals surface area contributed by atoms with Gasteiger partial charge in [0.05, 0.1) is 20.0 Å². The van der Waals surface area contributed by atoms with Gasteiger partial charge in [-0.05, 0) is 23.6 Å². The quantitative estimate of drug-likeness (QED) is 0.813. The van der Waals surface area contributed by atoms with Crippen LogP contribution in [-0.2, 0) is 9.59 Å². The lowest BCUT2D eigenvalue weighted by molar-refractivity contribution is -0.133. The van der Waals surface area contributed by atoms with E-state index in [4.69, 9.17) is 9.47 Å². The van der Waals surface area contributed by atoms with E-state index in [0.717, 1.165) is 5.56 Å². The van der Waals surface area contributed by atoms with Gasteiger partial charge in [-0.2, -0.15) is 0 Å². The highest BCUT2D eigenvalue weighted by Crippen LogP contribution is 2.41. The van der Waals surface area contributed by atoms with Gasteiger partial charge in [0.25, 0.3) is 0 Å². The third kappa shape index (κ3) is 4.35. The van der Waals surface area contributed by atoms with Gasteiger partial charge in [-0.1, -0.05) is 19.9 Å². The largest absolute Gasteiger partial charge is 0.493 e. The number of nitrogens with zero attached hydrogens (tertiary/aromatic N) is 1. The molecule has 1 aromatic rings. The zero-order valence-electron chi connectivity index (χ0n) is 14.5. The van der Waals surface area contributed by atoms with E-state index in [1.165, 1.54) is 11.8 Å². The van der Waals surface area contributed by atoms with E-state index in [1.807, 2.05) is 32.0 Å². The Balaban J connectivity index is 2.13. The first-order valence-corrected chi connectivity index (χ1v) is 8.90. The predicted octanol–water partition coefficient (Wildman–Crippen LogP) is 2.05. The molecule has 1 fully saturated rings. The number of hydrogen-bond donors (Lipinski definition) is 1. The third-order valence-electron chi connectivity index (χ3n) is 3.68. The van der Waals surface area contributed by atoms with Crippen molar-refractivity contribution >= 4 is 23.6 Å². The van der Waals surface area contributed by atoms with Crippen molar-refractivity contribution in [2.75, 3.05) is 33.1 Å². The minimum absolute atomic E-state index is 0.0283. The molecule has 7 heteroatoms. The molecular weight excluding hydrogens is 328 g/mol. The molecule has 0 unspecified atom stereocenters. The molecule has 24 heavy (non-hydrogen) atoms.